The van der Waals surface area contributed by atoms with E-state index in [0.717, 1.165) is 5.82 Å². The SMILES string of the molecule is O=C(O)c1ccc(C(=O)N2CCn3ccnc3C2)cn1. The number of hydrogen-bond donors (Lipinski definition) is 1. The molecular weight excluding hydrogens is 260 g/mol. The van der Waals surface area contributed by atoms with E-state index in [1.165, 1.54) is 18.3 Å². The van der Waals surface area contributed by atoms with Crippen LogP contribution in [0.4, 0.5) is 0 Å². The van der Waals surface area contributed by atoms with Gasteiger partial charge in [-0.2, -0.15) is 0 Å². The van der Waals surface area contributed by atoms with Gasteiger partial charge in [0, 0.05) is 31.7 Å². The van der Waals surface area contributed by atoms with Crippen LogP contribution in [0.5, 0.6) is 0 Å². The molecule has 0 aromatic carbocycles. The van der Waals surface area contributed by atoms with Crippen molar-refractivity contribution in [2.45, 2.75) is 13.1 Å². The second-order valence-electron chi connectivity index (χ2n) is 4.50. The van der Waals surface area contributed by atoms with Crippen molar-refractivity contribution in [1.82, 2.24) is 19.4 Å². The predicted octanol–water partition coefficient (Wildman–Crippen LogP) is 0.632. The highest BCUT2D eigenvalue weighted by Crippen LogP contribution is 2.13. The molecule has 1 N–H and O–H groups in total. The molecule has 0 fully saturated rings. The van der Waals surface area contributed by atoms with Crippen molar-refractivity contribution >= 4 is 11.9 Å². The molecule has 0 radical (unpaired) electrons. The van der Waals surface area contributed by atoms with Crippen LogP contribution in [0.25, 0.3) is 0 Å². The molecule has 0 unspecified atom stereocenters. The average Bonchev–Trinajstić information content (AvgIpc) is 2.94. The van der Waals surface area contributed by atoms with Crippen molar-refractivity contribution in [3.05, 3.63) is 47.8 Å². The Morgan fingerprint density at radius 1 is 1.20 bits per heavy atom. The lowest BCUT2D eigenvalue weighted by atomic mass is 10.2. The number of pyridine rings is 1. The van der Waals surface area contributed by atoms with E-state index in [-0.39, 0.29) is 11.6 Å². The van der Waals surface area contributed by atoms with Gasteiger partial charge in [-0.05, 0) is 12.1 Å². The third-order valence-corrected chi connectivity index (χ3v) is 3.26. The van der Waals surface area contributed by atoms with Gasteiger partial charge < -0.3 is 14.6 Å². The van der Waals surface area contributed by atoms with E-state index in [0.29, 0.717) is 25.2 Å². The van der Waals surface area contributed by atoms with Crippen molar-refractivity contribution in [2.24, 2.45) is 0 Å². The smallest absolute Gasteiger partial charge is 0.354 e. The van der Waals surface area contributed by atoms with Crippen LogP contribution in [0.2, 0.25) is 0 Å². The van der Waals surface area contributed by atoms with Crippen LogP contribution in [0.1, 0.15) is 26.7 Å². The second kappa shape index (κ2) is 4.76. The number of carboxylic acid groups (broad SMARTS) is 1. The summed E-state index contributed by atoms with van der Waals surface area (Å²) in [5.74, 6) is -0.424. The van der Waals surface area contributed by atoms with Gasteiger partial charge in [0.15, 0.2) is 0 Å². The number of rotatable bonds is 2. The fourth-order valence-electron chi connectivity index (χ4n) is 2.18. The van der Waals surface area contributed by atoms with Gasteiger partial charge in [0.05, 0.1) is 12.1 Å². The Kier molecular flexibility index (Phi) is 2.94. The average molecular weight is 272 g/mol. The van der Waals surface area contributed by atoms with E-state index >= 15 is 0 Å². The third-order valence-electron chi connectivity index (χ3n) is 3.26. The molecule has 3 heterocycles. The first kappa shape index (κ1) is 12.3. The molecule has 102 valence electrons. The Bertz CT molecular complexity index is 663. The fourth-order valence-corrected chi connectivity index (χ4v) is 2.18. The van der Waals surface area contributed by atoms with Crippen LogP contribution in [-0.2, 0) is 13.1 Å². The van der Waals surface area contributed by atoms with Crippen LogP contribution in [-0.4, -0.2) is 43.0 Å². The van der Waals surface area contributed by atoms with Crippen molar-refractivity contribution in [3.63, 3.8) is 0 Å². The summed E-state index contributed by atoms with van der Waals surface area (Å²) < 4.78 is 2.01. The maximum atomic E-state index is 12.3. The molecule has 0 spiro atoms. The largest absolute Gasteiger partial charge is 0.477 e. The van der Waals surface area contributed by atoms with Crippen LogP contribution >= 0.6 is 0 Å². The summed E-state index contributed by atoms with van der Waals surface area (Å²) in [6.07, 6.45) is 4.90. The maximum Gasteiger partial charge on any atom is 0.354 e. The van der Waals surface area contributed by atoms with Crippen molar-refractivity contribution < 1.29 is 14.7 Å². The molecule has 20 heavy (non-hydrogen) atoms. The standard InChI is InChI=1S/C13H12N4O3/c18-12(9-1-2-10(13(19)20)15-7-9)17-6-5-16-4-3-14-11(16)8-17/h1-4,7H,5-6,8H2,(H,19,20). The van der Waals surface area contributed by atoms with Crippen molar-refractivity contribution in [2.75, 3.05) is 6.54 Å². The number of hydrogen-bond acceptors (Lipinski definition) is 4. The molecule has 0 bridgehead atoms. The van der Waals surface area contributed by atoms with Crippen molar-refractivity contribution in [3.8, 4) is 0 Å². The number of aromatic carboxylic acids is 1. The Hall–Kier alpha value is -2.70. The minimum Gasteiger partial charge on any atom is -0.477 e. The summed E-state index contributed by atoms with van der Waals surface area (Å²) in [6, 6.07) is 2.82. The van der Waals surface area contributed by atoms with Gasteiger partial charge in [-0.3, -0.25) is 4.79 Å². The summed E-state index contributed by atoms with van der Waals surface area (Å²) in [4.78, 5) is 32.7. The first-order chi connectivity index (χ1) is 9.65. The number of carbonyl (C=O) groups excluding carboxylic acids is 1. The summed E-state index contributed by atoms with van der Waals surface area (Å²) in [6.45, 7) is 1.76. The molecular formula is C13H12N4O3. The quantitative estimate of drug-likeness (QED) is 0.866. The van der Waals surface area contributed by atoms with Gasteiger partial charge in [0.1, 0.15) is 11.5 Å². The Labute approximate surface area is 114 Å². The zero-order chi connectivity index (χ0) is 14.1. The van der Waals surface area contributed by atoms with Gasteiger partial charge in [-0.15, -0.1) is 0 Å². The number of nitrogens with zero attached hydrogens (tertiary/aromatic N) is 4. The summed E-state index contributed by atoms with van der Waals surface area (Å²) in [7, 11) is 0. The normalized spacial score (nSPS) is 13.9. The Balaban J connectivity index is 1.78. The van der Waals surface area contributed by atoms with E-state index in [2.05, 4.69) is 9.97 Å². The predicted molar refractivity (Wildman–Crippen MR) is 68.2 cm³/mol. The molecule has 1 amide bonds. The lowest BCUT2D eigenvalue weighted by Crippen LogP contribution is -2.38. The van der Waals surface area contributed by atoms with E-state index in [9.17, 15) is 9.59 Å². The molecule has 1 aliphatic rings. The highest BCUT2D eigenvalue weighted by molar-refractivity contribution is 5.94. The first-order valence-electron chi connectivity index (χ1n) is 6.14. The number of fused-ring (bicyclic) bond motifs is 1. The molecule has 2 aromatic heterocycles. The molecule has 2 aromatic rings. The summed E-state index contributed by atoms with van der Waals surface area (Å²) >= 11 is 0. The highest BCUT2D eigenvalue weighted by Gasteiger charge is 2.22. The topological polar surface area (TPSA) is 88.3 Å². The summed E-state index contributed by atoms with van der Waals surface area (Å²) in [5.41, 5.74) is 0.311. The van der Waals surface area contributed by atoms with Crippen LogP contribution in [0.3, 0.4) is 0 Å². The minimum absolute atomic E-state index is 0.0734. The molecule has 1 aliphatic heterocycles. The number of carbonyl (C=O) groups is 2. The lowest BCUT2D eigenvalue weighted by molar-refractivity contribution is 0.0681. The third kappa shape index (κ3) is 2.13. The molecule has 0 atom stereocenters. The zero-order valence-corrected chi connectivity index (χ0v) is 10.6. The fraction of sp³-hybridized carbons (Fsp3) is 0.231. The Morgan fingerprint density at radius 3 is 2.75 bits per heavy atom. The summed E-state index contributed by atoms with van der Waals surface area (Å²) in [5, 5.41) is 8.78. The van der Waals surface area contributed by atoms with Crippen LogP contribution in [0.15, 0.2) is 30.7 Å². The number of aromatic nitrogens is 3. The molecule has 7 nitrogen and oxygen atoms in total. The van der Waals surface area contributed by atoms with Crippen molar-refractivity contribution in [1.29, 1.82) is 0 Å². The van der Waals surface area contributed by atoms with E-state index in [1.54, 1.807) is 11.1 Å². The lowest BCUT2D eigenvalue weighted by Gasteiger charge is -2.27. The van der Waals surface area contributed by atoms with Gasteiger partial charge in [0.25, 0.3) is 5.91 Å². The van der Waals surface area contributed by atoms with E-state index in [1.807, 2.05) is 10.8 Å². The monoisotopic (exact) mass is 272 g/mol. The van der Waals surface area contributed by atoms with E-state index < -0.39 is 5.97 Å². The van der Waals surface area contributed by atoms with Crippen LogP contribution in [0, 0.1) is 0 Å². The number of amides is 1. The van der Waals surface area contributed by atoms with Gasteiger partial charge >= 0.3 is 5.97 Å². The molecule has 0 aliphatic carbocycles. The van der Waals surface area contributed by atoms with E-state index in [4.69, 9.17) is 5.11 Å². The highest BCUT2D eigenvalue weighted by atomic mass is 16.4. The van der Waals surface area contributed by atoms with Gasteiger partial charge in [-0.1, -0.05) is 0 Å². The molecule has 7 heteroatoms. The number of imidazole rings is 1. The first-order valence-corrected chi connectivity index (χ1v) is 6.14. The van der Waals surface area contributed by atoms with Gasteiger partial charge in [0.2, 0.25) is 0 Å². The number of carboxylic acids is 1. The maximum absolute atomic E-state index is 12.3. The molecule has 0 saturated carbocycles. The van der Waals surface area contributed by atoms with Crippen LogP contribution < -0.4 is 0 Å². The van der Waals surface area contributed by atoms with Gasteiger partial charge in [-0.25, -0.2) is 14.8 Å². The second-order valence-corrected chi connectivity index (χ2v) is 4.50. The molecule has 0 saturated heterocycles. The Morgan fingerprint density at radius 2 is 2.05 bits per heavy atom. The minimum atomic E-state index is -1.11. The zero-order valence-electron chi connectivity index (χ0n) is 10.6. The molecule has 3 rings (SSSR count).